The number of aromatic nitrogens is 2. The first kappa shape index (κ1) is 17.1. The summed E-state index contributed by atoms with van der Waals surface area (Å²) in [7, 11) is 0. The molecule has 4 heterocycles. The van der Waals surface area contributed by atoms with E-state index in [1.807, 2.05) is 4.90 Å². The van der Waals surface area contributed by atoms with E-state index < -0.39 is 0 Å². The van der Waals surface area contributed by atoms with Gasteiger partial charge >= 0.3 is 0 Å². The number of hydrogen-bond acceptors (Lipinski definition) is 6. The van der Waals surface area contributed by atoms with Crippen molar-refractivity contribution in [2.24, 2.45) is 0 Å². The van der Waals surface area contributed by atoms with E-state index in [9.17, 15) is 9.59 Å². The van der Waals surface area contributed by atoms with E-state index in [1.54, 1.807) is 35.3 Å². The van der Waals surface area contributed by atoms with Crippen molar-refractivity contribution in [3.63, 3.8) is 0 Å². The number of rotatable bonds is 3. The fourth-order valence-electron chi connectivity index (χ4n) is 3.64. The van der Waals surface area contributed by atoms with Gasteiger partial charge in [0.1, 0.15) is 11.4 Å². The number of hydrogen-bond donors (Lipinski definition) is 1. The summed E-state index contributed by atoms with van der Waals surface area (Å²) in [6, 6.07) is 5.25. The zero-order valence-corrected chi connectivity index (χ0v) is 15.1. The number of thiazole rings is 1. The van der Waals surface area contributed by atoms with Crippen LogP contribution in [0.4, 0.5) is 0 Å². The Morgan fingerprint density at radius 1 is 1.23 bits per heavy atom. The first-order valence-corrected chi connectivity index (χ1v) is 9.63. The molecule has 2 aromatic heterocycles. The molecule has 4 rings (SSSR count). The molecule has 1 atom stereocenters. The number of ether oxygens (including phenoxy) is 1. The van der Waals surface area contributed by atoms with Crippen molar-refractivity contribution < 1.29 is 14.3 Å². The summed E-state index contributed by atoms with van der Waals surface area (Å²) in [6.45, 7) is 1.80. The average molecular weight is 372 g/mol. The van der Waals surface area contributed by atoms with Crippen LogP contribution < -0.4 is 5.32 Å². The van der Waals surface area contributed by atoms with Crippen molar-refractivity contribution in [2.45, 2.75) is 30.9 Å². The summed E-state index contributed by atoms with van der Waals surface area (Å²) in [5, 5.41) is 4.79. The first-order valence-electron chi connectivity index (χ1n) is 8.69. The van der Waals surface area contributed by atoms with Crippen LogP contribution in [0.25, 0.3) is 0 Å². The largest absolute Gasteiger partial charge is 0.373 e. The summed E-state index contributed by atoms with van der Waals surface area (Å²) in [5.74, 6) is -0.188. The van der Waals surface area contributed by atoms with Crippen LogP contribution in [0, 0.1) is 0 Å². The van der Waals surface area contributed by atoms with Crippen LogP contribution in [0.2, 0.25) is 0 Å². The minimum atomic E-state index is -0.249. The van der Waals surface area contributed by atoms with Crippen LogP contribution in [0.1, 0.15) is 40.2 Å². The van der Waals surface area contributed by atoms with Crippen LogP contribution >= 0.6 is 11.3 Å². The number of amides is 2. The zero-order chi connectivity index (χ0) is 18.0. The molecule has 2 saturated heterocycles. The van der Waals surface area contributed by atoms with E-state index in [4.69, 9.17) is 4.74 Å². The third kappa shape index (κ3) is 3.47. The van der Waals surface area contributed by atoms with Gasteiger partial charge < -0.3 is 15.0 Å². The lowest BCUT2D eigenvalue weighted by Gasteiger charge is -2.38. The average Bonchev–Trinajstić information content (AvgIpc) is 3.33. The highest BCUT2D eigenvalue weighted by atomic mass is 32.1. The maximum Gasteiger partial charge on any atom is 0.273 e. The third-order valence-electron chi connectivity index (χ3n) is 5.06. The molecule has 0 saturated carbocycles. The van der Waals surface area contributed by atoms with Gasteiger partial charge in [-0.2, -0.15) is 0 Å². The van der Waals surface area contributed by atoms with Crippen molar-refractivity contribution in [3.05, 3.63) is 46.7 Å². The molecule has 136 valence electrons. The maximum absolute atomic E-state index is 12.4. The quantitative estimate of drug-likeness (QED) is 0.887. The molecule has 0 unspecified atom stereocenters. The van der Waals surface area contributed by atoms with E-state index in [-0.39, 0.29) is 23.5 Å². The molecule has 2 aromatic rings. The van der Waals surface area contributed by atoms with Crippen molar-refractivity contribution in [1.29, 1.82) is 0 Å². The highest BCUT2D eigenvalue weighted by Gasteiger charge is 2.44. The molecular weight excluding hydrogens is 352 g/mol. The van der Waals surface area contributed by atoms with Gasteiger partial charge in [0.05, 0.1) is 23.8 Å². The van der Waals surface area contributed by atoms with Crippen LogP contribution in [-0.2, 0) is 4.74 Å². The molecule has 2 amide bonds. The maximum atomic E-state index is 12.4. The summed E-state index contributed by atoms with van der Waals surface area (Å²) in [4.78, 5) is 34.7. The molecule has 1 spiro atoms. The van der Waals surface area contributed by atoms with E-state index in [1.165, 1.54) is 11.3 Å². The number of piperidine rings is 1. The van der Waals surface area contributed by atoms with Gasteiger partial charge in [0.2, 0.25) is 0 Å². The van der Waals surface area contributed by atoms with Gasteiger partial charge in [-0.1, -0.05) is 6.07 Å². The van der Waals surface area contributed by atoms with Gasteiger partial charge in [-0.05, 0) is 31.4 Å². The predicted molar refractivity (Wildman–Crippen MR) is 96.0 cm³/mol. The molecule has 7 nitrogen and oxygen atoms in total. The van der Waals surface area contributed by atoms with Crippen LogP contribution in [0.5, 0.6) is 0 Å². The Kier molecular flexibility index (Phi) is 4.69. The third-order valence-corrected chi connectivity index (χ3v) is 5.64. The number of likely N-dealkylation sites (tertiary alicyclic amines) is 1. The second-order valence-electron chi connectivity index (χ2n) is 6.75. The van der Waals surface area contributed by atoms with Gasteiger partial charge in [0, 0.05) is 24.7 Å². The van der Waals surface area contributed by atoms with Crippen molar-refractivity contribution >= 4 is 23.2 Å². The highest BCUT2D eigenvalue weighted by molar-refractivity contribution is 7.07. The second-order valence-corrected chi connectivity index (χ2v) is 7.47. The summed E-state index contributed by atoms with van der Waals surface area (Å²) < 4.78 is 6.06. The smallest absolute Gasteiger partial charge is 0.273 e. The zero-order valence-electron chi connectivity index (χ0n) is 14.3. The monoisotopic (exact) mass is 372 g/mol. The Labute approximate surface area is 155 Å². The Morgan fingerprint density at radius 3 is 2.77 bits per heavy atom. The Balaban J connectivity index is 1.31. The standard InChI is InChI=1S/C18H20N4O3S/c23-16(14-3-1-2-6-19-14)21-13-9-18(25-10-13)4-7-22(8-5-18)17(24)15-11-26-12-20-15/h1-3,6,11-13H,4-5,7-10H2,(H,21,23)/t13-/m0/s1. The van der Waals surface area contributed by atoms with Crippen molar-refractivity contribution in [2.75, 3.05) is 19.7 Å². The minimum absolute atomic E-state index is 0.0147. The lowest BCUT2D eigenvalue weighted by Crippen LogP contribution is -2.47. The predicted octanol–water partition coefficient (Wildman–Crippen LogP) is 1.73. The molecular formula is C18H20N4O3S. The molecule has 26 heavy (non-hydrogen) atoms. The van der Waals surface area contributed by atoms with Crippen molar-refractivity contribution in [3.8, 4) is 0 Å². The Bertz CT molecular complexity index is 773. The fourth-order valence-corrected chi connectivity index (χ4v) is 4.17. The van der Waals surface area contributed by atoms with Gasteiger partial charge in [-0.25, -0.2) is 4.98 Å². The van der Waals surface area contributed by atoms with Crippen molar-refractivity contribution in [1.82, 2.24) is 20.2 Å². The van der Waals surface area contributed by atoms with Gasteiger partial charge in [0.15, 0.2) is 0 Å². The summed E-state index contributed by atoms with van der Waals surface area (Å²) >= 11 is 1.43. The molecule has 0 aliphatic carbocycles. The fraction of sp³-hybridized carbons (Fsp3) is 0.444. The van der Waals surface area contributed by atoms with Gasteiger partial charge in [-0.3, -0.25) is 14.6 Å². The lowest BCUT2D eigenvalue weighted by molar-refractivity contribution is -0.0390. The molecule has 2 fully saturated rings. The number of pyridine rings is 1. The topological polar surface area (TPSA) is 84.4 Å². The molecule has 0 aromatic carbocycles. The molecule has 0 bridgehead atoms. The molecule has 2 aliphatic rings. The SMILES string of the molecule is O=C(N[C@@H]1COC2(CCN(C(=O)c3cscn3)CC2)C1)c1ccccn1. The summed E-state index contributed by atoms with van der Waals surface area (Å²) in [5.41, 5.74) is 2.35. The van der Waals surface area contributed by atoms with Crippen LogP contribution in [-0.4, -0.2) is 58.0 Å². The van der Waals surface area contributed by atoms with Crippen LogP contribution in [0.3, 0.4) is 0 Å². The van der Waals surface area contributed by atoms with E-state index in [2.05, 4.69) is 15.3 Å². The van der Waals surface area contributed by atoms with Gasteiger partial charge in [-0.15, -0.1) is 11.3 Å². The summed E-state index contributed by atoms with van der Waals surface area (Å²) in [6.07, 6.45) is 3.93. The first-order chi connectivity index (χ1) is 12.7. The van der Waals surface area contributed by atoms with Gasteiger partial charge in [0.25, 0.3) is 11.8 Å². The van der Waals surface area contributed by atoms with E-state index in [0.29, 0.717) is 31.1 Å². The van der Waals surface area contributed by atoms with E-state index >= 15 is 0 Å². The Hall–Kier alpha value is -2.32. The Morgan fingerprint density at radius 2 is 2.08 bits per heavy atom. The second kappa shape index (κ2) is 7.13. The molecule has 0 radical (unpaired) electrons. The number of carbonyl (C=O) groups is 2. The van der Waals surface area contributed by atoms with E-state index in [0.717, 1.165) is 19.3 Å². The highest BCUT2D eigenvalue weighted by Crippen LogP contribution is 2.36. The number of carbonyl (C=O) groups excluding carboxylic acids is 2. The molecule has 2 aliphatic heterocycles. The molecule has 1 N–H and O–H groups in total. The minimum Gasteiger partial charge on any atom is -0.373 e. The van der Waals surface area contributed by atoms with Crippen LogP contribution in [0.15, 0.2) is 35.3 Å². The normalized spacial score (nSPS) is 21.7. The number of nitrogens with one attached hydrogen (secondary N) is 1. The molecule has 8 heteroatoms. The lowest BCUT2D eigenvalue weighted by atomic mass is 9.87. The number of nitrogens with zero attached hydrogens (tertiary/aromatic N) is 3.